The third-order valence-corrected chi connectivity index (χ3v) is 5.08. The number of ether oxygens (including phenoxy) is 1. The van der Waals surface area contributed by atoms with E-state index in [2.05, 4.69) is 0 Å². The maximum atomic E-state index is 13.5. The van der Waals surface area contributed by atoms with Gasteiger partial charge in [0.15, 0.2) is 5.78 Å². The van der Waals surface area contributed by atoms with Gasteiger partial charge in [-0.15, -0.1) is 0 Å². The van der Waals surface area contributed by atoms with Crippen molar-refractivity contribution in [1.29, 1.82) is 0 Å². The molecule has 11 heteroatoms. The monoisotopic (exact) mass is 449 g/mol. The highest BCUT2D eigenvalue weighted by Crippen LogP contribution is 2.21. The maximum absolute atomic E-state index is 13.5. The molecule has 1 amide bonds. The van der Waals surface area contributed by atoms with E-state index in [4.69, 9.17) is 16.2 Å². The van der Waals surface area contributed by atoms with Crippen LogP contribution < -0.4 is 27.5 Å². The minimum absolute atomic E-state index is 0.00790. The SMILES string of the molecule is CCn1c(=O)c(C(=O)CN(CC(N)=O)C(C)C)c(N)n(Cc2ccc(F)cc2OC)c1=O. The number of carbonyl (C=O) groups excluding carboxylic acids is 2. The van der Waals surface area contributed by atoms with Crippen LogP contribution in [0.2, 0.25) is 0 Å². The van der Waals surface area contributed by atoms with Crippen LogP contribution >= 0.6 is 0 Å². The predicted molar refractivity (Wildman–Crippen MR) is 117 cm³/mol. The molecule has 0 aliphatic heterocycles. The van der Waals surface area contributed by atoms with Gasteiger partial charge in [0.1, 0.15) is 22.9 Å². The molecule has 0 radical (unpaired) electrons. The maximum Gasteiger partial charge on any atom is 0.332 e. The fraction of sp³-hybridized carbons (Fsp3) is 0.429. The van der Waals surface area contributed by atoms with Gasteiger partial charge in [-0.1, -0.05) is 6.07 Å². The van der Waals surface area contributed by atoms with Crippen molar-refractivity contribution in [1.82, 2.24) is 14.0 Å². The lowest BCUT2D eigenvalue weighted by molar-refractivity contribution is -0.119. The standard InChI is InChI=1S/C21H28FN5O5/c1-5-26-20(30)18(15(28)10-25(12(2)3)11-17(23)29)19(24)27(21(26)31)9-13-6-7-14(22)8-16(13)32-4/h6-8,12H,5,9-11,24H2,1-4H3,(H2,23,29). The highest BCUT2D eigenvalue weighted by atomic mass is 19.1. The highest BCUT2D eigenvalue weighted by Gasteiger charge is 2.26. The number of methoxy groups -OCH3 is 1. The molecule has 0 saturated heterocycles. The van der Waals surface area contributed by atoms with Gasteiger partial charge in [0, 0.05) is 24.2 Å². The summed E-state index contributed by atoms with van der Waals surface area (Å²) in [4.78, 5) is 51.7. The van der Waals surface area contributed by atoms with Gasteiger partial charge >= 0.3 is 5.69 Å². The summed E-state index contributed by atoms with van der Waals surface area (Å²) in [5, 5.41) is 0. The van der Waals surface area contributed by atoms with Crippen LogP contribution in [-0.2, 0) is 17.9 Å². The molecule has 0 unspecified atom stereocenters. The number of benzene rings is 1. The Morgan fingerprint density at radius 2 is 1.84 bits per heavy atom. The lowest BCUT2D eigenvalue weighted by atomic mass is 10.1. The Kier molecular flexibility index (Phi) is 7.92. The van der Waals surface area contributed by atoms with E-state index in [1.165, 1.54) is 24.1 Å². The number of nitrogen functional groups attached to an aromatic ring is 1. The average molecular weight is 449 g/mol. The molecule has 0 aliphatic carbocycles. The highest BCUT2D eigenvalue weighted by molar-refractivity contribution is 6.01. The molecular weight excluding hydrogens is 421 g/mol. The quantitative estimate of drug-likeness (QED) is 0.493. The second-order valence-corrected chi connectivity index (χ2v) is 7.52. The van der Waals surface area contributed by atoms with Crippen molar-refractivity contribution < 1.29 is 18.7 Å². The molecule has 1 aromatic heterocycles. The Morgan fingerprint density at radius 1 is 1.19 bits per heavy atom. The van der Waals surface area contributed by atoms with Crippen LogP contribution in [0.3, 0.4) is 0 Å². The first-order valence-corrected chi connectivity index (χ1v) is 10.0. The zero-order valence-corrected chi connectivity index (χ0v) is 18.6. The molecule has 0 fully saturated rings. The number of carbonyl (C=O) groups is 2. The minimum atomic E-state index is -0.815. The topological polar surface area (TPSA) is 143 Å². The number of amides is 1. The predicted octanol–water partition coefficient (Wildman–Crippen LogP) is 0.187. The second kappa shape index (κ2) is 10.2. The number of Topliss-reactive ketones (excluding diaryl/α,β-unsaturated/α-hetero) is 1. The van der Waals surface area contributed by atoms with Gasteiger partial charge < -0.3 is 16.2 Å². The Balaban J connectivity index is 2.61. The average Bonchev–Trinajstić information content (AvgIpc) is 2.71. The van der Waals surface area contributed by atoms with E-state index < -0.39 is 28.8 Å². The second-order valence-electron chi connectivity index (χ2n) is 7.52. The van der Waals surface area contributed by atoms with Crippen LogP contribution in [0.25, 0.3) is 0 Å². The number of nitrogens with zero attached hydrogens (tertiary/aromatic N) is 3. The number of hydrogen-bond donors (Lipinski definition) is 2. The number of hydrogen-bond acceptors (Lipinski definition) is 7. The Bertz CT molecular complexity index is 1140. The van der Waals surface area contributed by atoms with E-state index in [9.17, 15) is 23.6 Å². The van der Waals surface area contributed by atoms with Crippen LogP contribution in [0, 0.1) is 5.82 Å². The summed E-state index contributed by atoms with van der Waals surface area (Å²) >= 11 is 0. The largest absolute Gasteiger partial charge is 0.496 e. The summed E-state index contributed by atoms with van der Waals surface area (Å²) in [5.74, 6) is -1.93. The van der Waals surface area contributed by atoms with E-state index >= 15 is 0 Å². The van der Waals surface area contributed by atoms with Gasteiger partial charge in [0.2, 0.25) is 5.91 Å². The Morgan fingerprint density at radius 3 is 2.38 bits per heavy atom. The zero-order valence-electron chi connectivity index (χ0n) is 18.6. The molecule has 2 rings (SSSR count). The number of rotatable bonds is 10. The van der Waals surface area contributed by atoms with Crippen molar-refractivity contribution in [3.63, 3.8) is 0 Å². The number of ketones is 1. The molecule has 1 aromatic carbocycles. The molecule has 0 atom stereocenters. The summed E-state index contributed by atoms with van der Waals surface area (Å²) in [6.45, 7) is 4.51. The number of anilines is 1. The van der Waals surface area contributed by atoms with E-state index in [0.29, 0.717) is 5.56 Å². The molecular formula is C21H28FN5O5. The summed E-state index contributed by atoms with van der Waals surface area (Å²) in [5.41, 5.74) is 9.93. The van der Waals surface area contributed by atoms with Crippen LogP contribution in [0.1, 0.15) is 36.7 Å². The molecule has 0 saturated carbocycles. The van der Waals surface area contributed by atoms with Crippen molar-refractivity contribution in [2.45, 2.75) is 39.9 Å². The first-order valence-electron chi connectivity index (χ1n) is 10.0. The third-order valence-electron chi connectivity index (χ3n) is 5.08. The number of halogens is 1. The summed E-state index contributed by atoms with van der Waals surface area (Å²) in [6.07, 6.45) is 0. The van der Waals surface area contributed by atoms with E-state index in [-0.39, 0.29) is 49.4 Å². The number of aromatic nitrogens is 2. The van der Waals surface area contributed by atoms with Crippen LogP contribution in [-0.4, -0.2) is 52.0 Å². The van der Waals surface area contributed by atoms with Crippen LogP contribution in [0.15, 0.2) is 27.8 Å². The summed E-state index contributed by atoms with van der Waals surface area (Å²) in [6, 6.07) is 3.57. The molecule has 1 heterocycles. The molecule has 32 heavy (non-hydrogen) atoms. The lowest BCUT2D eigenvalue weighted by Crippen LogP contribution is -2.47. The minimum Gasteiger partial charge on any atom is -0.496 e. The first kappa shape index (κ1) is 24.8. The lowest BCUT2D eigenvalue weighted by Gasteiger charge is -2.24. The molecule has 2 aromatic rings. The Hall–Kier alpha value is -3.47. The molecule has 0 spiro atoms. The fourth-order valence-corrected chi connectivity index (χ4v) is 3.31. The van der Waals surface area contributed by atoms with E-state index in [1.54, 1.807) is 20.8 Å². The molecule has 0 bridgehead atoms. The van der Waals surface area contributed by atoms with Crippen molar-refractivity contribution in [3.05, 3.63) is 56.0 Å². The molecule has 174 valence electrons. The number of nitrogens with two attached hydrogens (primary N) is 2. The van der Waals surface area contributed by atoms with Gasteiger partial charge in [-0.2, -0.15) is 0 Å². The normalized spacial score (nSPS) is 11.2. The molecule has 0 aliphatic rings. The molecule has 4 N–H and O–H groups in total. The van der Waals surface area contributed by atoms with E-state index in [0.717, 1.165) is 15.2 Å². The third kappa shape index (κ3) is 5.22. The number of primary amides is 1. The van der Waals surface area contributed by atoms with Crippen molar-refractivity contribution in [2.24, 2.45) is 5.73 Å². The van der Waals surface area contributed by atoms with Gasteiger partial charge in [-0.05, 0) is 26.8 Å². The smallest absolute Gasteiger partial charge is 0.332 e. The van der Waals surface area contributed by atoms with Gasteiger partial charge in [-0.25, -0.2) is 9.18 Å². The van der Waals surface area contributed by atoms with Crippen molar-refractivity contribution >= 4 is 17.5 Å². The Labute approximate surface area is 184 Å². The molecule has 10 nitrogen and oxygen atoms in total. The van der Waals surface area contributed by atoms with Crippen molar-refractivity contribution in [2.75, 3.05) is 25.9 Å². The zero-order chi connectivity index (χ0) is 24.2. The van der Waals surface area contributed by atoms with Gasteiger partial charge in [-0.3, -0.25) is 28.4 Å². The summed E-state index contributed by atoms with van der Waals surface area (Å²) in [7, 11) is 1.35. The van der Waals surface area contributed by atoms with Crippen LogP contribution in [0.5, 0.6) is 5.75 Å². The van der Waals surface area contributed by atoms with E-state index in [1.807, 2.05) is 0 Å². The fourth-order valence-electron chi connectivity index (χ4n) is 3.31. The van der Waals surface area contributed by atoms with Crippen molar-refractivity contribution in [3.8, 4) is 5.75 Å². The van der Waals surface area contributed by atoms with Gasteiger partial charge in [0.25, 0.3) is 5.56 Å². The van der Waals surface area contributed by atoms with Gasteiger partial charge in [0.05, 0.1) is 26.7 Å². The summed E-state index contributed by atoms with van der Waals surface area (Å²) < 4.78 is 20.7. The first-order chi connectivity index (χ1) is 15.0. The van der Waals surface area contributed by atoms with Crippen LogP contribution in [0.4, 0.5) is 10.2 Å².